The first kappa shape index (κ1) is 45.9. The Morgan fingerprint density at radius 1 is 0.633 bits per heavy atom. The van der Waals surface area contributed by atoms with Gasteiger partial charge in [0.15, 0.2) is 0 Å². The molecule has 338 valence electrons. The molecule has 1 aromatic carbocycles. The van der Waals surface area contributed by atoms with Crippen LogP contribution in [0.1, 0.15) is 126 Å². The molecule has 1 aromatic rings. The Kier molecular flexibility index (Phi) is 13.3. The topological polar surface area (TPSA) is 121 Å². The lowest BCUT2D eigenvalue weighted by atomic mass is 9.88. The van der Waals surface area contributed by atoms with Crippen molar-refractivity contribution in [2.24, 2.45) is 51.8 Å². The molecule has 0 aliphatic heterocycles. The summed E-state index contributed by atoms with van der Waals surface area (Å²) in [7, 11) is 0. The normalized spacial score (nSPS) is 36.0. The van der Waals surface area contributed by atoms with Crippen molar-refractivity contribution in [1.82, 2.24) is 14.7 Å². The Balaban J connectivity index is 1.08. The number of hydrogen-bond donors (Lipinski definition) is 2. The third-order valence-corrected chi connectivity index (χ3v) is 17.5. The van der Waals surface area contributed by atoms with Crippen LogP contribution in [0.25, 0.3) is 0 Å². The molecule has 11 nitrogen and oxygen atoms in total. The van der Waals surface area contributed by atoms with Crippen LogP contribution in [0.3, 0.4) is 0 Å². The molecule has 0 bridgehead atoms. The van der Waals surface area contributed by atoms with E-state index in [-0.39, 0.29) is 59.7 Å². The van der Waals surface area contributed by atoms with E-state index in [0.717, 1.165) is 37.7 Å². The molecule has 0 amide bonds. The van der Waals surface area contributed by atoms with Crippen LogP contribution in [0.5, 0.6) is 0 Å². The van der Waals surface area contributed by atoms with E-state index in [2.05, 4.69) is 67.2 Å². The largest absolute Gasteiger partial charge is 0.480 e. The van der Waals surface area contributed by atoms with Crippen molar-refractivity contribution in [2.45, 2.75) is 150 Å². The maximum atomic E-state index is 13.2. The first-order valence-electron chi connectivity index (χ1n) is 23.5. The number of hydrogen-bond acceptors (Lipinski definition) is 9. The number of rotatable bonds is 23. The number of benzene rings is 1. The first-order valence-corrected chi connectivity index (χ1v) is 23.5. The smallest absolute Gasteiger partial charge is 0.323 e. The standard InChI is InChI=1S/C49H79N3O8/c1-34-15-18-39-44(4,5)47(39,25-34)58-31-50(21-22-51(28-42(53)54)32-59-48-26-35(2)16-19-40(48)45(48,6)7)23-24-52(33-60-49-27-36(3)17-20-41(49)46(49,8)9)38(43(55)56)30-57-29-37-13-11-10-12-14-37/h10-14,34-36,38-41H,15-33H2,1-9H3,(H,53,54)(H,55,56). The predicted octanol–water partition coefficient (Wildman–Crippen LogP) is 8.21. The van der Waals surface area contributed by atoms with E-state index in [9.17, 15) is 19.8 Å². The summed E-state index contributed by atoms with van der Waals surface area (Å²) in [4.78, 5) is 31.6. The van der Waals surface area contributed by atoms with E-state index >= 15 is 0 Å². The van der Waals surface area contributed by atoms with Gasteiger partial charge in [0.05, 0.1) is 43.3 Å². The van der Waals surface area contributed by atoms with Gasteiger partial charge in [-0.2, -0.15) is 0 Å². The van der Waals surface area contributed by atoms with Crippen LogP contribution in [0, 0.1) is 51.8 Å². The monoisotopic (exact) mass is 838 g/mol. The number of nitrogens with zero attached hydrogens (tertiary/aromatic N) is 3. The fourth-order valence-electron chi connectivity index (χ4n) is 13.3. The number of fused-ring (bicyclic) bond motifs is 3. The van der Waals surface area contributed by atoms with E-state index < -0.39 is 18.0 Å². The van der Waals surface area contributed by atoms with E-state index in [0.29, 0.717) is 75.0 Å². The van der Waals surface area contributed by atoms with Gasteiger partial charge in [-0.15, -0.1) is 0 Å². The summed E-state index contributed by atoms with van der Waals surface area (Å²) >= 11 is 0. The molecular weight excluding hydrogens is 759 g/mol. The SMILES string of the molecule is CC1CCC2C(C)(C)C2(OCN(CCN(COC23CC(C)CCC2C3(C)C)CC(=O)O)CCN(COC23CC(C)CCC2C3(C)C)C(COCc2ccccc2)C(=O)O)C1. The zero-order valence-corrected chi connectivity index (χ0v) is 38.5. The maximum absolute atomic E-state index is 13.2. The van der Waals surface area contributed by atoms with Crippen LogP contribution in [-0.2, 0) is 35.1 Å². The summed E-state index contributed by atoms with van der Waals surface area (Å²) < 4.78 is 27.0. The molecular formula is C49H79N3O8. The van der Waals surface area contributed by atoms with Gasteiger partial charge in [-0.1, -0.05) is 112 Å². The lowest BCUT2D eigenvalue weighted by molar-refractivity contribution is -0.154. The van der Waals surface area contributed by atoms with Crippen LogP contribution in [-0.4, -0.2) is 119 Å². The fourth-order valence-corrected chi connectivity index (χ4v) is 13.3. The van der Waals surface area contributed by atoms with E-state index in [1.165, 1.54) is 25.7 Å². The van der Waals surface area contributed by atoms with Crippen LogP contribution in [0.15, 0.2) is 30.3 Å². The molecule has 6 fully saturated rings. The van der Waals surface area contributed by atoms with Gasteiger partial charge in [0.1, 0.15) is 19.5 Å². The van der Waals surface area contributed by atoms with Gasteiger partial charge in [0.25, 0.3) is 0 Å². The van der Waals surface area contributed by atoms with Gasteiger partial charge >= 0.3 is 11.9 Å². The van der Waals surface area contributed by atoms with Crippen LogP contribution in [0.4, 0.5) is 0 Å². The Labute approximate surface area is 361 Å². The van der Waals surface area contributed by atoms with Crippen molar-refractivity contribution in [2.75, 3.05) is 59.5 Å². The molecule has 60 heavy (non-hydrogen) atoms. The lowest BCUT2D eigenvalue weighted by Crippen LogP contribution is -2.51. The highest BCUT2D eigenvalue weighted by molar-refractivity contribution is 5.73. The molecule has 7 rings (SSSR count). The summed E-state index contributed by atoms with van der Waals surface area (Å²) in [6.07, 6.45) is 10.1. The van der Waals surface area contributed by atoms with Crippen molar-refractivity contribution in [3.63, 3.8) is 0 Å². The molecule has 6 saturated carbocycles. The molecule has 10 unspecified atom stereocenters. The minimum Gasteiger partial charge on any atom is -0.480 e. The average molecular weight is 838 g/mol. The third-order valence-electron chi connectivity index (χ3n) is 17.5. The van der Waals surface area contributed by atoms with Gasteiger partial charge in [-0.05, 0) is 95.8 Å². The molecule has 6 aliphatic rings. The van der Waals surface area contributed by atoms with Crippen LogP contribution in [0.2, 0.25) is 0 Å². The molecule has 11 heteroatoms. The van der Waals surface area contributed by atoms with Crippen LogP contribution >= 0.6 is 0 Å². The van der Waals surface area contributed by atoms with E-state index in [1.807, 2.05) is 40.1 Å². The second kappa shape index (κ2) is 17.5. The third kappa shape index (κ3) is 8.73. The van der Waals surface area contributed by atoms with E-state index in [1.54, 1.807) is 0 Å². The average Bonchev–Trinajstić information content (AvgIpc) is 4.02. The molecule has 0 spiro atoms. The summed E-state index contributed by atoms with van der Waals surface area (Å²) in [5.74, 6) is 1.41. The molecule has 0 saturated heterocycles. The highest BCUT2D eigenvalue weighted by atomic mass is 16.5. The zero-order chi connectivity index (χ0) is 43.3. The number of carbonyl (C=O) groups is 2. The van der Waals surface area contributed by atoms with Crippen molar-refractivity contribution in [3.05, 3.63) is 35.9 Å². The summed E-state index contributed by atoms with van der Waals surface area (Å²) in [5, 5.41) is 20.8. The van der Waals surface area contributed by atoms with Crippen LogP contribution < -0.4 is 0 Å². The van der Waals surface area contributed by atoms with Gasteiger partial charge in [0.2, 0.25) is 0 Å². The fraction of sp³-hybridized carbons (Fsp3) is 0.837. The Morgan fingerprint density at radius 3 is 1.53 bits per heavy atom. The lowest BCUT2D eigenvalue weighted by Gasteiger charge is -2.36. The number of carboxylic acids is 2. The second-order valence-electron chi connectivity index (χ2n) is 22.2. The van der Waals surface area contributed by atoms with Crippen molar-refractivity contribution in [1.29, 1.82) is 0 Å². The summed E-state index contributed by atoms with van der Waals surface area (Å²) in [5.41, 5.74) is 0.562. The maximum Gasteiger partial charge on any atom is 0.323 e. The Hall–Kier alpha value is -2.12. The highest BCUT2D eigenvalue weighted by Crippen LogP contribution is 2.73. The Morgan fingerprint density at radius 2 is 1.07 bits per heavy atom. The molecule has 6 aliphatic carbocycles. The predicted molar refractivity (Wildman–Crippen MR) is 232 cm³/mol. The molecule has 0 heterocycles. The first-order chi connectivity index (χ1) is 28.3. The minimum atomic E-state index is -0.935. The Bertz CT molecular complexity index is 1660. The molecule has 10 atom stereocenters. The number of ether oxygens (including phenoxy) is 4. The molecule has 0 radical (unpaired) electrons. The molecule has 2 N–H and O–H groups in total. The quantitative estimate of drug-likeness (QED) is 0.104. The second-order valence-corrected chi connectivity index (χ2v) is 22.2. The van der Waals surface area contributed by atoms with Crippen molar-refractivity contribution in [3.8, 4) is 0 Å². The van der Waals surface area contributed by atoms with Gasteiger partial charge in [0, 0.05) is 26.2 Å². The van der Waals surface area contributed by atoms with Gasteiger partial charge in [-0.25, -0.2) is 0 Å². The van der Waals surface area contributed by atoms with Crippen molar-refractivity contribution < 1.29 is 38.7 Å². The number of aliphatic carboxylic acids is 2. The highest BCUT2D eigenvalue weighted by Gasteiger charge is 2.75. The van der Waals surface area contributed by atoms with E-state index in [4.69, 9.17) is 18.9 Å². The van der Waals surface area contributed by atoms with Crippen molar-refractivity contribution >= 4 is 11.9 Å². The van der Waals surface area contributed by atoms with Gasteiger partial charge in [-0.3, -0.25) is 24.3 Å². The molecule has 0 aromatic heterocycles. The summed E-state index contributed by atoms with van der Waals surface area (Å²) in [6, 6.07) is 8.95. The zero-order valence-electron chi connectivity index (χ0n) is 38.5. The van der Waals surface area contributed by atoms with Gasteiger partial charge < -0.3 is 29.2 Å². The minimum absolute atomic E-state index is 0.0264. The summed E-state index contributed by atoms with van der Waals surface area (Å²) in [6.45, 7) is 23.9. The number of carboxylic acid groups (broad SMARTS) is 2.